The van der Waals surface area contributed by atoms with Crippen LogP contribution in [0.4, 0.5) is 13.6 Å². The Morgan fingerprint density at radius 1 is 1.32 bits per heavy atom. The summed E-state index contributed by atoms with van der Waals surface area (Å²) in [5.74, 6) is -1.26. The summed E-state index contributed by atoms with van der Waals surface area (Å²) in [7, 11) is 0. The Morgan fingerprint density at radius 2 is 2.05 bits per heavy atom. The van der Waals surface area contributed by atoms with E-state index in [-0.39, 0.29) is 5.84 Å². The van der Waals surface area contributed by atoms with Crippen molar-refractivity contribution in [3.63, 3.8) is 0 Å². The molecular formula is C13H13F2N3O. The van der Waals surface area contributed by atoms with Gasteiger partial charge in [0.1, 0.15) is 11.9 Å². The summed E-state index contributed by atoms with van der Waals surface area (Å²) in [5.41, 5.74) is 6.20. The van der Waals surface area contributed by atoms with Crippen molar-refractivity contribution in [1.82, 2.24) is 4.90 Å². The van der Waals surface area contributed by atoms with Crippen LogP contribution in [0.3, 0.4) is 0 Å². The van der Waals surface area contributed by atoms with Crippen molar-refractivity contribution < 1.29 is 13.6 Å². The van der Waals surface area contributed by atoms with Gasteiger partial charge in [-0.15, -0.1) is 0 Å². The molecule has 19 heavy (non-hydrogen) atoms. The Hall–Kier alpha value is -1.98. The molecule has 1 aromatic carbocycles. The van der Waals surface area contributed by atoms with Gasteiger partial charge in [-0.05, 0) is 36.5 Å². The summed E-state index contributed by atoms with van der Waals surface area (Å²) >= 11 is 0. The number of halogens is 2. The van der Waals surface area contributed by atoms with Crippen molar-refractivity contribution in [1.29, 1.82) is 0 Å². The molecule has 100 valence electrons. The number of amidine groups is 1. The van der Waals surface area contributed by atoms with Crippen LogP contribution in [0.2, 0.25) is 0 Å². The molecule has 2 amide bonds. The van der Waals surface area contributed by atoms with E-state index < -0.39 is 23.7 Å². The van der Waals surface area contributed by atoms with Gasteiger partial charge in [-0.1, -0.05) is 6.07 Å². The number of amides is 2. The topological polar surface area (TPSA) is 58.7 Å². The number of nitrogens with two attached hydrogens (primary N) is 1. The molecule has 3 rings (SSSR count). The second-order valence-electron chi connectivity index (χ2n) is 4.99. The van der Waals surface area contributed by atoms with Gasteiger partial charge in [0.25, 0.3) is 0 Å². The average molecular weight is 265 g/mol. The average Bonchev–Trinajstić information content (AvgIpc) is 3.11. The third-order valence-corrected chi connectivity index (χ3v) is 3.47. The van der Waals surface area contributed by atoms with Crippen LogP contribution in [-0.2, 0) is 0 Å². The molecule has 1 saturated carbocycles. The van der Waals surface area contributed by atoms with E-state index in [1.165, 1.54) is 11.0 Å². The van der Waals surface area contributed by atoms with E-state index in [9.17, 15) is 13.6 Å². The van der Waals surface area contributed by atoms with Gasteiger partial charge in [-0.25, -0.2) is 13.6 Å². The van der Waals surface area contributed by atoms with Crippen LogP contribution in [0, 0.1) is 17.6 Å². The third-order valence-electron chi connectivity index (χ3n) is 3.47. The quantitative estimate of drug-likeness (QED) is 0.910. The van der Waals surface area contributed by atoms with E-state index in [1.807, 2.05) is 0 Å². The monoisotopic (exact) mass is 265 g/mol. The molecule has 0 radical (unpaired) electrons. The molecule has 0 bridgehead atoms. The predicted octanol–water partition coefficient (Wildman–Crippen LogP) is 2.21. The fourth-order valence-electron chi connectivity index (χ4n) is 2.30. The van der Waals surface area contributed by atoms with Gasteiger partial charge in [0.2, 0.25) is 0 Å². The van der Waals surface area contributed by atoms with E-state index in [0.717, 1.165) is 25.0 Å². The largest absolute Gasteiger partial charge is 0.385 e. The first kappa shape index (κ1) is 12.1. The van der Waals surface area contributed by atoms with Crippen LogP contribution in [0.1, 0.15) is 24.4 Å². The Labute approximate surface area is 108 Å². The molecule has 1 aliphatic carbocycles. The second kappa shape index (κ2) is 4.29. The first-order valence-electron chi connectivity index (χ1n) is 6.16. The lowest BCUT2D eigenvalue weighted by atomic mass is 10.0. The molecule has 1 heterocycles. The molecule has 6 heteroatoms. The minimum absolute atomic E-state index is 0.136. The number of carbonyl (C=O) groups is 1. The lowest BCUT2D eigenvalue weighted by molar-refractivity contribution is 0.203. The Balaban J connectivity index is 1.92. The van der Waals surface area contributed by atoms with E-state index >= 15 is 0 Å². The number of hydrogen-bond donors (Lipinski definition) is 1. The molecule has 2 aliphatic rings. The molecule has 1 aromatic rings. The van der Waals surface area contributed by atoms with Crippen molar-refractivity contribution in [3.05, 3.63) is 35.4 Å². The number of benzene rings is 1. The van der Waals surface area contributed by atoms with E-state index in [1.54, 1.807) is 0 Å². The maximum atomic E-state index is 13.3. The number of urea groups is 1. The van der Waals surface area contributed by atoms with Crippen molar-refractivity contribution in [2.24, 2.45) is 16.6 Å². The molecular weight excluding hydrogens is 252 g/mol. The fourth-order valence-corrected chi connectivity index (χ4v) is 2.30. The van der Waals surface area contributed by atoms with Gasteiger partial charge in [-0.3, -0.25) is 0 Å². The van der Waals surface area contributed by atoms with Gasteiger partial charge in [-0.2, -0.15) is 4.99 Å². The van der Waals surface area contributed by atoms with Crippen molar-refractivity contribution >= 4 is 11.9 Å². The zero-order chi connectivity index (χ0) is 13.6. The number of nitrogens with zero attached hydrogens (tertiary/aromatic N) is 2. The van der Waals surface area contributed by atoms with Gasteiger partial charge >= 0.3 is 6.03 Å². The number of aliphatic imine (C=N–C) groups is 1. The zero-order valence-electron chi connectivity index (χ0n) is 10.1. The summed E-state index contributed by atoms with van der Waals surface area (Å²) in [6.07, 6.45) is 2.16. The Bertz CT molecular complexity index is 569. The Kier molecular flexibility index (Phi) is 2.73. The summed E-state index contributed by atoms with van der Waals surface area (Å²) in [6, 6.07) is 2.56. The third kappa shape index (κ3) is 2.18. The highest BCUT2D eigenvalue weighted by molar-refractivity contribution is 6.03. The lowest BCUT2D eigenvalue weighted by Crippen LogP contribution is -2.34. The molecule has 1 aliphatic heterocycles. The van der Waals surface area contributed by atoms with Gasteiger partial charge in [0.05, 0.1) is 0 Å². The van der Waals surface area contributed by atoms with Gasteiger partial charge in [0, 0.05) is 6.54 Å². The van der Waals surface area contributed by atoms with Crippen LogP contribution in [0.5, 0.6) is 0 Å². The molecule has 1 fully saturated rings. The SMILES string of the molecule is NC1=NC(=O)N(CC2CC2)C1c1ccc(F)c(F)c1. The summed E-state index contributed by atoms with van der Waals surface area (Å²) in [4.78, 5) is 17.0. The summed E-state index contributed by atoms with van der Waals surface area (Å²) in [6.45, 7) is 0.562. The first-order chi connectivity index (χ1) is 9.06. The van der Waals surface area contributed by atoms with Crippen LogP contribution in [-0.4, -0.2) is 23.3 Å². The van der Waals surface area contributed by atoms with Crippen molar-refractivity contribution in [2.45, 2.75) is 18.9 Å². The minimum Gasteiger partial charge on any atom is -0.385 e. The standard InChI is InChI=1S/C13H13F2N3O/c14-9-4-3-8(5-10(9)15)11-12(16)17-13(19)18(11)6-7-1-2-7/h3-5,7,11H,1-2,6H2,(H2,16,17,19). The van der Waals surface area contributed by atoms with Crippen LogP contribution >= 0.6 is 0 Å². The van der Waals surface area contributed by atoms with Crippen LogP contribution < -0.4 is 5.73 Å². The predicted molar refractivity (Wildman–Crippen MR) is 65.5 cm³/mol. The number of carbonyl (C=O) groups excluding carboxylic acids is 1. The molecule has 0 saturated heterocycles. The second-order valence-corrected chi connectivity index (χ2v) is 4.99. The maximum absolute atomic E-state index is 13.3. The van der Waals surface area contributed by atoms with E-state index in [4.69, 9.17) is 5.73 Å². The lowest BCUT2D eigenvalue weighted by Gasteiger charge is -2.24. The summed E-state index contributed by atoms with van der Waals surface area (Å²) < 4.78 is 26.3. The maximum Gasteiger partial charge on any atom is 0.346 e. The van der Waals surface area contributed by atoms with Gasteiger partial charge < -0.3 is 10.6 Å². The smallest absolute Gasteiger partial charge is 0.346 e. The highest BCUT2D eigenvalue weighted by Gasteiger charge is 2.38. The molecule has 1 unspecified atom stereocenters. The number of rotatable bonds is 3. The van der Waals surface area contributed by atoms with E-state index in [2.05, 4.69) is 4.99 Å². The molecule has 1 atom stereocenters. The minimum atomic E-state index is -0.948. The molecule has 0 spiro atoms. The zero-order valence-corrected chi connectivity index (χ0v) is 10.1. The first-order valence-corrected chi connectivity index (χ1v) is 6.16. The Morgan fingerprint density at radius 3 is 2.68 bits per heavy atom. The van der Waals surface area contributed by atoms with E-state index in [0.29, 0.717) is 18.0 Å². The highest BCUT2D eigenvalue weighted by Crippen LogP contribution is 2.35. The van der Waals surface area contributed by atoms with Gasteiger partial charge in [0.15, 0.2) is 11.6 Å². The molecule has 0 aromatic heterocycles. The van der Waals surface area contributed by atoms with Crippen LogP contribution in [0.25, 0.3) is 0 Å². The highest BCUT2D eigenvalue weighted by atomic mass is 19.2. The summed E-state index contributed by atoms with van der Waals surface area (Å²) in [5, 5.41) is 0. The van der Waals surface area contributed by atoms with Crippen molar-refractivity contribution in [2.75, 3.05) is 6.54 Å². The fraction of sp³-hybridized carbons (Fsp3) is 0.385. The normalized spacial score (nSPS) is 22.8. The van der Waals surface area contributed by atoms with Crippen molar-refractivity contribution in [3.8, 4) is 0 Å². The molecule has 2 N–H and O–H groups in total. The molecule has 4 nitrogen and oxygen atoms in total. The van der Waals surface area contributed by atoms with Crippen LogP contribution in [0.15, 0.2) is 23.2 Å². The number of hydrogen-bond acceptors (Lipinski definition) is 2.